The lowest BCUT2D eigenvalue weighted by Crippen LogP contribution is -2.41. The Hall–Kier alpha value is -0.340. The van der Waals surface area contributed by atoms with Gasteiger partial charge in [0.25, 0.3) is 0 Å². The van der Waals surface area contributed by atoms with E-state index in [0.717, 1.165) is 17.8 Å². The molecule has 102 valence electrons. The molecule has 0 aromatic rings. The summed E-state index contributed by atoms with van der Waals surface area (Å²) in [6.45, 7) is 7.48. The SMILES string of the molecule is CC(NCCN1CCCCC1)C1CC2C=CC1C2. The van der Waals surface area contributed by atoms with Crippen LogP contribution in [-0.2, 0) is 0 Å². The molecule has 18 heavy (non-hydrogen) atoms. The van der Waals surface area contributed by atoms with Gasteiger partial charge in [-0.05, 0) is 63.5 Å². The van der Waals surface area contributed by atoms with E-state index in [4.69, 9.17) is 0 Å². The summed E-state index contributed by atoms with van der Waals surface area (Å²) in [5.41, 5.74) is 0. The van der Waals surface area contributed by atoms with Crippen molar-refractivity contribution in [2.24, 2.45) is 17.8 Å². The van der Waals surface area contributed by atoms with Gasteiger partial charge in [0, 0.05) is 19.1 Å². The molecule has 0 radical (unpaired) electrons. The summed E-state index contributed by atoms with van der Waals surface area (Å²) in [4.78, 5) is 2.63. The summed E-state index contributed by atoms with van der Waals surface area (Å²) in [5, 5.41) is 3.78. The lowest BCUT2D eigenvalue weighted by Gasteiger charge is -2.29. The first-order chi connectivity index (χ1) is 8.83. The molecule has 4 unspecified atom stereocenters. The Labute approximate surface area is 112 Å². The van der Waals surface area contributed by atoms with Crippen molar-refractivity contribution in [3.8, 4) is 0 Å². The van der Waals surface area contributed by atoms with Crippen LogP contribution in [0.1, 0.15) is 39.0 Å². The zero-order valence-corrected chi connectivity index (χ0v) is 11.8. The van der Waals surface area contributed by atoms with Gasteiger partial charge in [0.15, 0.2) is 0 Å². The Morgan fingerprint density at radius 1 is 1.17 bits per heavy atom. The zero-order valence-electron chi connectivity index (χ0n) is 11.8. The zero-order chi connectivity index (χ0) is 12.4. The second kappa shape index (κ2) is 5.75. The molecular weight excluding hydrogens is 220 g/mol. The third kappa shape index (κ3) is 2.80. The van der Waals surface area contributed by atoms with Crippen LogP contribution in [0.2, 0.25) is 0 Å². The van der Waals surface area contributed by atoms with E-state index in [9.17, 15) is 0 Å². The molecule has 0 aromatic carbocycles. The number of nitrogens with one attached hydrogen (secondary N) is 1. The fourth-order valence-electron chi connectivity index (χ4n) is 4.18. The summed E-state index contributed by atoms with van der Waals surface area (Å²) in [6.07, 6.45) is 12.0. The first-order valence-electron chi connectivity index (χ1n) is 7.97. The Morgan fingerprint density at radius 3 is 2.67 bits per heavy atom. The average molecular weight is 248 g/mol. The van der Waals surface area contributed by atoms with Gasteiger partial charge in [0.1, 0.15) is 0 Å². The van der Waals surface area contributed by atoms with Gasteiger partial charge in [-0.25, -0.2) is 0 Å². The number of allylic oxidation sites excluding steroid dienone is 2. The van der Waals surface area contributed by atoms with Crippen LogP contribution in [0.25, 0.3) is 0 Å². The van der Waals surface area contributed by atoms with E-state index in [1.165, 1.54) is 58.3 Å². The van der Waals surface area contributed by atoms with Crippen LogP contribution < -0.4 is 5.32 Å². The number of rotatable bonds is 5. The Bertz CT molecular complexity index is 293. The molecular formula is C16H28N2. The quantitative estimate of drug-likeness (QED) is 0.753. The Morgan fingerprint density at radius 2 is 2.00 bits per heavy atom. The van der Waals surface area contributed by atoms with Gasteiger partial charge < -0.3 is 10.2 Å². The van der Waals surface area contributed by atoms with Gasteiger partial charge in [-0.2, -0.15) is 0 Å². The molecule has 2 fully saturated rings. The number of likely N-dealkylation sites (tertiary alicyclic amines) is 1. The molecule has 0 aromatic heterocycles. The van der Waals surface area contributed by atoms with Crippen LogP contribution in [0.4, 0.5) is 0 Å². The van der Waals surface area contributed by atoms with Crippen molar-refractivity contribution in [2.45, 2.75) is 45.1 Å². The molecule has 1 N–H and O–H groups in total. The largest absolute Gasteiger partial charge is 0.313 e. The van der Waals surface area contributed by atoms with Gasteiger partial charge in [0.2, 0.25) is 0 Å². The van der Waals surface area contributed by atoms with Gasteiger partial charge in [0.05, 0.1) is 0 Å². The molecule has 1 saturated heterocycles. The molecule has 3 rings (SSSR count). The Kier molecular flexibility index (Phi) is 4.05. The molecule has 0 spiro atoms. The van der Waals surface area contributed by atoms with Crippen LogP contribution in [0.3, 0.4) is 0 Å². The van der Waals surface area contributed by atoms with E-state index < -0.39 is 0 Å². The standard InChI is InChI=1S/C16H28N2/c1-13(16-12-14-5-6-15(16)11-14)17-7-10-18-8-3-2-4-9-18/h5-6,13-17H,2-4,7-12H2,1H3. The van der Waals surface area contributed by atoms with E-state index in [0.29, 0.717) is 6.04 Å². The fourth-order valence-corrected chi connectivity index (χ4v) is 4.18. The molecule has 1 heterocycles. The minimum Gasteiger partial charge on any atom is -0.313 e. The van der Waals surface area contributed by atoms with E-state index in [1.807, 2.05) is 0 Å². The number of fused-ring (bicyclic) bond motifs is 2. The van der Waals surface area contributed by atoms with Crippen molar-refractivity contribution in [1.82, 2.24) is 10.2 Å². The van der Waals surface area contributed by atoms with Gasteiger partial charge in [-0.3, -0.25) is 0 Å². The minimum atomic E-state index is 0.703. The first-order valence-corrected chi connectivity index (χ1v) is 7.97. The number of hydrogen-bond acceptors (Lipinski definition) is 2. The van der Waals surface area contributed by atoms with Crippen LogP contribution in [0.5, 0.6) is 0 Å². The van der Waals surface area contributed by atoms with Crippen molar-refractivity contribution in [1.29, 1.82) is 0 Å². The van der Waals surface area contributed by atoms with E-state index >= 15 is 0 Å². The van der Waals surface area contributed by atoms with Crippen molar-refractivity contribution >= 4 is 0 Å². The highest BCUT2D eigenvalue weighted by molar-refractivity contribution is 5.11. The van der Waals surface area contributed by atoms with Gasteiger partial charge in [-0.1, -0.05) is 18.6 Å². The highest BCUT2D eigenvalue weighted by Gasteiger charge is 2.38. The molecule has 0 amide bonds. The Balaban J connectivity index is 1.36. The van der Waals surface area contributed by atoms with Crippen LogP contribution in [-0.4, -0.2) is 37.1 Å². The van der Waals surface area contributed by atoms with Crippen LogP contribution in [0.15, 0.2) is 12.2 Å². The second-order valence-corrected chi connectivity index (χ2v) is 6.59. The smallest absolute Gasteiger partial charge is 0.0107 e. The fraction of sp³-hybridized carbons (Fsp3) is 0.875. The molecule has 4 atom stereocenters. The van der Waals surface area contributed by atoms with E-state index in [-0.39, 0.29) is 0 Å². The predicted molar refractivity (Wildman–Crippen MR) is 76.6 cm³/mol. The monoisotopic (exact) mass is 248 g/mol. The maximum absolute atomic E-state index is 3.78. The molecule has 2 heteroatoms. The highest BCUT2D eigenvalue weighted by atomic mass is 15.1. The maximum atomic E-state index is 3.78. The molecule has 3 aliphatic rings. The highest BCUT2D eigenvalue weighted by Crippen LogP contribution is 2.44. The lowest BCUT2D eigenvalue weighted by atomic mass is 9.87. The third-order valence-corrected chi connectivity index (χ3v) is 5.32. The third-order valence-electron chi connectivity index (χ3n) is 5.32. The molecule has 1 aliphatic heterocycles. The van der Waals surface area contributed by atoms with Crippen LogP contribution in [0, 0.1) is 17.8 Å². The van der Waals surface area contributed by atoms with E-state index in [2.05, 4.69) is 29.3 Å². The summed E-state index contributed by atoms with van der Waals surface area (Å²) < 4.78 is 0. The number of piperidine rings is 1. The molecule has 2 aliphatic carbocycles. The first kappa shape index (κ1) is 12.7. The summed E-state index contributed by atoms with van der Waals surface area (Å²) in [7, 11) is 0. The number of hydrogen-bond donors (Lipinski definition) is 1. The summed E-state index contributed by atoms with van der Waals surface area (Å²) in [6, 6.07) is 0.703. The van der Waals surface area contributed by atoms with Crippen molar-refractivity contribution in [3.05, 3.63) is 12.2 Å². The average Bonchev–Trinajstić information content (AvgIpc) is 3.02. The van der Waals surface area contributed by atoms with Crippen molar-refractivity contribution in [3.63, 3.8) is 0 Å². The minimum absolute atomic E-state index is 0.703. The molecule has 2 nitrogen and oxygen atoms in total. The number of nitrogens with zero attached hydrogens (tertiary/aromatic N) is 1. The lowest BCUT2D eigenvalue weighted by molar-refractivity contribution is 0.220. The van der Waals surface area contributed by atoms with Crippen molar-refractivity contribution in [2.75, 3.05) is 26.2 Å². The van der Waals surface area contributed by atoms with E-state index in [1.54, 1.807) is 0 Å². The predicted octanol–water partition coefficient (Wildman–Crippen LogP) is 2.66. The summed E-state index contributed by atoms with van der Waals surface area (Å²) >= 11 is 0. The normalized spacial score (nSPS) is 37.3. The molecule has 1 saturated carbocycles. The maximum Gasteiger partial charge on any atom is 0.0107 e. The molecule has 2 bridgehead atoms. The van der Waals surface area contributed by atoms with Crippen LogP contribution >= 0.6 is 0 Å². The topological polar surface area (TPSA) is 15.3 Å². The summed E-state index contributed by atoms with van der Waals surface area (Å²) in [5.74, 6) is 2.69. The van der Waals surface area contributed by atoms with Crippen molar-refractivity contribution < 1.29 is 0 Å². The van der Waals surface area contributed by atoms with Gasteiger partial charge in [-0.15, -0.1) is 0 Å². The van der Waals surface area contributed by atoms with Gasteiger partial charge >= 0.3 is 0 Å². The second-order valence-electron chi connectivity index (χ2n) is 6.59.